The predicted octanol–water partition coefficient (Wildman–Crippen LogP) is 2.54. The van der Waals surface area contributed by atoms with E-state index in [9.17, 15) is 9.59 Å². The molecule has 18 heavy (non-hydrogen) atoms. The van der Waals surface area contributed by atoms with E-state index in [1.807, 2.05) is 19.1 Å². The zero-order valence-corrected chi connectivity index (χ0v) is 9.64. The fourth-order valence-corrected chi connectivity index (χ4v) is 1.46. The van der Waals surface area contributed by atoms with E-state index in [4.69, 9.17) is 9.52 Å². The summed E-state index contributed by atoms with van der Waals surface area (Å²) in [6.07, 6.45) is 1.04. The number of aromatic carboxylic acids is 1. The standard InChI is InChI=1S/C13H11NO4/c1-8-4-2-3-5-10(8)14-12(15)11-6-9(7-18-11)13(16)17/h2-7H,1H3,(H,14,15)(H,16,17). The van der Waals surface area contributed by atoms with Crippen LogP contribution in [-0.2, 0) is 0 Å². The van der Waals surface area contributed by atoms with E-state index in [1.165, 1.54) is 6.07 Å². The Balaban J connectivity index is 2.17. The molecule has 0 aliphatic carbocycles. The highest BCUT2D eigenvalue weighted by Gasteiger charge is 2.15. The maximum absolute atomic E-state index is 11.8. The maximum atomic E-state index is 11.8. The minimum atomic E-state index is -1.13. The van der Waals surface area contributed by atoms with E-state index in [0.29, 0.717) is 5.69 Å². The van der Waals surface area contributed by atoms with Crippen LogP contribution in [0, 0.1) is 6.92 Å². The lowest BCUT2D eigenvalue weighted by molar-refractivity contribution is 0.0696. The van der Waals surface area contributed by atoms with Crippen molar-refractivity contribution in [1.82, 2.24) is 0 Å². The molecule has 2 N–H and O–H groups in total. The van der Waals surface area contributed by atoms with Gasteiger partial charge < -0.3 is 14.8 Å². The quantitative estimate of drug-likeness (QED) is 0.870. The van der Waals surface area contributed by atoms with Crippen LogP contribution in [0.15, 0.2) is 41.0 Å². The summed E-state index contributed by atoms with van der Waals surface area (Å²) in [5.41, 5.74) is 1.52. The molecule has 0 unspecified atom stereocenters. The molecule has 0 bridgehead atoms. The summed E-state index contributed by atoms with van der Waals surface area (Å²) >= 11 is 0. The number of anilines is 1. The van der Waals surface area contributed by atoms with E-state index in [0.717, 1.165) is 11.8 Å². The lowest BCUT2D eigenvalue weighted by Gasteiger charge is -2.05. The molecule has 1 aromatic carbocycles. The van der Waals surface area contributed by atoms with Gasteiger partial charge in [0, 0.05) is 11.8 Å². The number of carbonyl (C=O) groups is 2. The van der Waals surface area contributed by atoms with Crippen LogP contribution in [0.25, 0.3) is 0 Å². The fourth-order valence-electron chi connectivity index (χ4n) is 1.46. The van der Waals surface area contributed by atoms with Crippen LogP contribution in [0.4, 0.5) is 5.69 Å². The highest BCUT2D eigenvalue weighted by Crippen LogP contribution is 2.15. The first-order chi connectivity index (χ1) is 8.58. The average Bonchev–Trinajstić information content (AvgIpc) is 2.81. The lowest BCUT2D eigenvalue weighted by atomic mass is 10.2. The molecule has 0 radical (unpaired) electrons. The highest BCUT2D eigenvalue weighted by atomic mass is 16.4. The average molecular weight is 245 g/mol. The molecular weight excluding hydrogens is 234 g/mol. The summed E-state index contributed by atoms with van der Waals surface area (Å²) in [6.45, 7) is 1.86. The van der Waals surface area contributed by atoms with Crippen LogP contribution in [0.2, 0.25) is 0 Å². The van der Waals surface area contributed by atoms with Gasteiger partial charge in [0.2, 0.25) is 0 Å². The van der Waals surface area contributed by atoms with Crippen molar-refractivity contribution in [2.45, 2.75) is 6.92 Å². The number of rotatable bonds is 3. The Hall–Kier alpha value is -2.56. The van der Waals surface area contributed by atoms with Crippen LogP contribution in [-0.4, -0.2) is 17.0 Å². The number of carboxylic acid groups (broad SMARTS) is 1. The van der Waals surface area contributed by atoms with Crippen LogP contribution in [0.3, 0.4) is 0 Å². The van der Waals surface area contributed by atoms with Crippen molar-refractivity contribution < 1.29 is 19.1 Å². The summed E-state index contributed by atoms with van der Waals surface area (Å²) < 4.78 is 4.91. The monoisotopic (exact) mass is 245 g/mol. The Labute approximate surface area is 103 Å². The first kappa shape index (κ1) is 11.9. The molecule has 92 valence electrons. The van der Waals surface area contributed by atoms with Crippen molar-refractivity contribution in [3.63, 3.8) is 0 Å². The number of hydrogen-bond donors (Lipinski definition) is 2. The van der Waals surface area contributed by atoms with E-state index < -0.39 is 11.9 Å². The highest BCUT2D eigenvalue weighted by molar-refractivity contribution is 6.04. The van der Waals surface area contributed by atoms with Gasteiger partial charge in [-0.15, -0.1) is 0 Å². The summed E-state index contributed by atoms with van der Waals surface area (Å²) in [7, 11) is 0. The molecule has 0 aliphatic rings. The van der Waals surface area contributed by atoms with Crippen molar-refractivity contribution in [2.75, 3.05) is 5.32 Å². The van der Waals surface area contributed by atoms with Gasteiger partial charge >= 0.3 is 5.97 Å². The SMILES string of the molecule is Cc1ccccc1NC(=O)c1cc(C(=O)O)co1. The van der Waals surface area contributed by atoms with E-state index >= 15 is 0 Å². The van der Waals surface area contributed by atoms with Crippen molar-refractivity contribution in [1.29, 1.82) is 0 Å². The van der Waals surface area contributed by atoms with Crippen molar-refractivity contribution in [2.24, 2.45) is 0 Å². The Kier molecular flexibility index (Phi) is 3.14. The second kappa shape index (κ2) is 4.75. The van der Waals surface area contributed by atoms with Gasteiger partial charge in [-0.05, 0) is 18.6 Å². The Morgan fingerprint density at radius 3 is 2.61 bits per heavy atom. The van der Waals surface area contributed by atoms with Crippen molar-refractivity contribution in [3.05, 3.63) is 53.5 Å². The maximum Gasteiger partial charge on any atom is 0.338 e. The molecule has 5 nitrogen and oxygen atoms in total. The van der Waals surface area contributed by atoms with Crippen molar-refractivity contribution in [3.8, 4) is 0 Å². The third-order valence-corrected chi connectivity index (χ3v) is 2.46. The molecule has 1 aromatic heterocycles. The molecule has 1 heterocycles. The zero-order chi connectivity index (χ0) is 13.1. The van der Waals surface area contributed by atoms with Gasteiger partial charge in [0.15, 0.2) is 5.76 Å². The molecule has 1 amide bonds. The summed E-state index contributed by atoms with van der Waals surface area (Å²) in [5, 5.41) is 11.4. The first-order valence-electron chi connectivity index (χ1n) is 5.27. The van der Waals surface area contributed by atoms with E-state index in [2.05, 4.69) is 5.32 Å². The number of para-hydroxylation sites is 1. The summed E-state index contributed by atoms with van der Waals surface area (Å²) in [5.74, 6) is -1.64. The smallest absolute Gasteiger partial charge is 0.338 e. The Bertz CT molecular complexity index is 601. The number of furan rings is 1. The van der Waals surface area contributed by atoms with Crippen LogP contribution >= 0.6 is 0 Å². The third kappa shape index (κ3) is 2.40. The number of carbonyl (C=O) groups excluding carboxylic acids is 1. The second-order valence-electron chi connectivity index (χ2n) is 3.77. The molecule has 0 fully saturated rings. The molecule has 0 aliphatic heterocycles. The topological polar surface area (TPSA) is 79.5 Å². The van der Waals surface area contributed by atoms with E-state index in [1.54, 1.807) is 12.1 Å². The zero-order valence-electron chi connectivity index (χ0n) is 9.64. The van der Waals surface area contributed by atoms with Gasteiger partial charge in [0.05, 0.1) is 5.56 Å². The Morgan fingerprint density at radius 2 is 2.00 bits per heavy atom. The molecule has 2 rings (SSSR count). The molecular formula is C13H11NO4. The molecule has 0 saturated heterocycles. The van der Waals surface area contributed by atoms with Crippen LogP contribution in [0.5, 0.6) is 0 Å². The van der Waals surface area contributed by atoms with Gasteiger partial charge in [0.1, 0.15) is 6.26 Å². The van der Waals surface area contributed by atoms with E-state index in [-0.39, 0.29) is 11.3 Å². The predicted molar refractivity (Wildman–Crippen MR) is 64.8 cm³/mol. The largest absolute Gasteiger partial charge is 0.478 e. The summed E-state index contributed by atoms with van der Waals surface area (Å²) in [6, 6.07) is 8.47. The van der Waals surface area contributed by atoms with Gasteiger partial charge in [-0.25, -0.2) is 4.79 Å². The molecule has 5 heteroatoms. The molecule has 0 saturated carbocycles. The van der Waals surface area contributed by atoms with Crippen molar-refractivity contribution >= 4 is 17.6 Å². The summed E-state index contributed by atoms with van der Waals surface area (Å²) in [4.78, 5) is 22.5. The van der Waals surface area contributed by atoms with Gasteiger partial charge in [-0.2, -0.15) is 0 Å². The van der Waals surface area contributed by atoms with Gasteiger partial charge in [-0.1, -0.05) is 18.2 Å². The number of aryl methyl sites for hydroxylation is 1. The normalized spacial score (nSPS) is 10.1. The minimum Gasteiger partial charge on any atom is -0.478 e. The number of benzene rings is 1. The minimum absolute atomic E-state index is 0.0318. The molecule has 2 aromatic rings. The second-order valence-corrected chi connectivity index (χ2v) is 3.77. The van der Waals surface area contributed by atoms with Crippen LogP contribution < -0.4 is 5.32 Å². The number of hydrogen-bond acceptors (Lipinski definition) is 3. The molecule has 0 atom stereocenters. The molecule has 0 spiro atoms. The van der Waals surface area contributed by atoms with Gasteiger partial charge in [-0.3, -0.25) is 4.79 Å². The van der Waals surface area contributed by atoms with Gasteiger partial charge in [0.25, 0.3) is 5.91 Å². The third-order valence-electron chi connectivity index (χ3n) is 2.46. The number of amides is 1. The lowest BCUT2D eigenvalue weighted by Crippen LogP contribution is -2.11. The fraction of sp³-hybridized carbons (Fsp3) is 0.0769. The number of carboxylic acids is 1. The van der Waals surface area contributed by atoms with Crippen LogP contribution in [0.1, 0.15) is 26.5 Å². The number of nitrogens with one attached hydrogen (secondary N) is 1. The first-order valence-corrected chi connectivity index (χ1v) is 5.27. The Morgan fingerprint density at radius 1 is 1.28 bits per heavy atom.